The zero-order valence-corrected chi connectivity index (χ0v) is 17.9. The lowest BCUT2D eigenvalue weighted by Crippen LogP contribution is -2.36. The van der Waals surface area contributed by atoms with Crippen molar-refractivity contribution in [3.05, 3.63) is 53.1 Å². The number of ether oxygens (including phenoxy) is 2. The van der Waals surface area contributed by atoms with Crippen LogP contribution in [-0.2, 0) is 17.8 Å². The summed E-state index contributed by atoms with van der Waals surface area (Å²) >= 11 is 1.41. The number of anilines is 2. The predicted octanol–water partition coefficient (Wildman–Crippen LogP) is 1.95. The van der Waals surface area contributed by atoms with Crippen LogP contribution in [-0.4, -0.2) is 58.0 Å². The van der Waals surface area contributed by atoms with E-state index >= 15 is 0 Å². The molecule has 2 amide bonds. The van der Waals surface area contributed by atoms with Crippen LogP contribution in [0.2, 0.25) is 0 Å². The summed E-state index contributed by atoms with van der Waals surface area (Å²) in [5.41, 5.74) is 1.86. The number of benzene rings is 1. The van der Waals surface area contributed by atoms with Crippen molar-refractivity contribution in [2.45, 2.75) is 13.0 Å². The number of carbonyl (C=O) groups is 2. The van der Waals surface area contributed by atoms with Crippen molar-refractivity contribution in [3.8, 4) is 11.5 Å². The Morgan fingerprint density at radius 2 is 2.00 bits per heavy atom. The van der Waals surface area contributed by atoms with E-state index in [0.29, 0.717) is 55.0 Å². The second-order valence-corrected chi connectivity index (χ2v) is 8.38. The highest BCUT2D eigenvalue weighted by Crippen LogP contribution is 2.33. The standard InChI is InChI=1S/C21H20N6O4S/c28-19(24-13-1-2-16-17(9-13)31-8-7-30-16)12-27-6-3-14-18(11-27)32-21(25-14)26-20(29)15-10-22-4-5-23-15/h1-2,4-5,9-10H,3,6-8,11-12H2,(H,24,28)(H,25,26,29). The van der Waals surface area contributed by atoms with Crippen LogP contribution in [0.5, 0.6) is 11.5 Å². The maximum Gasteiger partial charge on any atom is 0.277 e. The fraction of sp³-hybridized carbons (Fsp3) is 0.286. The number of carbonyl (C=O) groups excluding carboxylic acids is 2. The first-order valence-electron chi connectivity index (χ1n) is 10.1. The summed E-state index contributed by atoms with van der Waals surface area (Å²) < 4.78 is 11.1. The van der Waals surface area contributed by atoms with Crippen LogP contribution in [0.3, 0.4) is 0 Å². The Bertz CT molecular complexity index is 1150. The Morgan fingerprint density at radius 3 is 2.84 bits per heavy atom. The minimum atomic E-state index is -0.347. The van der Waals surface area contributed by atoms with Crippen LogP contribution in [0.4, 0.5) is 10.8 Å². The molecule has 0 radical (unpaired) electrons. The monoisotopic (exact) mass is 452 g/mol. The molecule has 1 aromatic carbocycles. The van der Waals surface area contributed by atoms with Gasteiger partial charge in [0.25, 0.3) is 5.91 Å². The summed E-state index contributed by atoms with van der Waals surface area (Å²) in [4.78, 5) is 40.4. The lowest BCUT2D eigenvalue weighted by Gasteiger charge is -2.25. The lowest BCUT2D eigenvalue weighted by atomic mass is 10.2. The molecule has 0 aliphatic carbocycles. The van der Waals surface area contributed by atoms with E-state index in [1.54, 1.807) is 18.2 Å². The number of thiazole rings is 1. The third-order valence-electron chi connectivity index (χ3n) is 5.02. The van der Waals surface area contributed by atoms with Crippen LogP contribution < -0.4 is 20.1 Å². The number of nitrogens with zero attached hydrogens (tertiary/aromatic N) is 4. The molecule has 4 heterocycles. The van der Waals surface area contributed by atoms with Gasteiger partial charge in [-0.25, -0.2) is 9.97 Å². The third kappa shape index (κ3) is 4.53. The van der Waals surface area contributed by atoms with Gasteiger partial charge in [0.15, 0.2) is 16.6 Å². The van der Waals surface area contributed by atoms with Gasteiger partial charge in [-0.1, -0.05) is 0 Å². The fourth-order valence-electron chi connectivity index (χ4n) is 3.54. The molecule has 11 heteroatoms. The number of fused-ring (bicyclic) bond motifs is 2. The van der Waals surface area contributed by atoms with E-state index in [9.17, 15) is 9.59 Å². The largest absolute Gasteiger partial charge is 0.486 e. The summed E-state index contributed by atoms with van der Waals surface area (Å²) in [6.45, 7) is 2.59. The van der Waals surface area contributed by atoms with Crippen molar-refractivity contribution in [3.63, 3.8) is 0 Å². The second-order valence-electron chi connectivity index (χ2n) is 7.30. The SMILES string of the molecule is O=C(CN1CCc2nc(NC(=O)c3cnccn3)sc2C1)Nc1ccc2c(c1)OCCO2. The van der Waals surface area contributed by atoms with Gasteiger partial charge in [0, 0.05) is 48.5 Å². The van der Waals surface area contributed by atoms with E-state index in [1.807, 2.05) is 0 Å². The molecule has 2 aliphatic heterocycles. The molecule has 2 N–H and O–H groups in total. The van der Waals surface area contributed by atoms with Gasteiger partial charge < -0.3 is 14.8 Å². The fourth-order valence-corrected chi connectivity index (χ4v) is 4.58. The van der Waals surface area contributed by atoms with E-state index in [4.69, 9.17) is 9.47 Å². The Hall–Kier alpha value is -3.57. The van der Waals surface area contributed by atoms with Gasteiger partial charge in [-0.15, -0.1) is 11.3 Å². The minimum Gasteiger partial charge on any atom is -0.486 e. The van der Waals surface area contributed by atoms with Crippen molar-refractivity contribution >= 4 is 34.0 Å². The molecule has 0 fully saturated rings. The average molecular weight is 452 g/mol. The number of rotatable bonds is 5. The molecule has 2 aliphatic rings. The quantitative estimate of drug-likeness (QED) is 0.603. The summed E-state index contributed by atoms with van der Waals surface area (Å²) in [5, 5.41) is 6.21. The molecular formula is C21H20N6O4S. The Morgan fingerprint density at radius 1 is 1.12 bits per heavy atom. The molecule has 10 nitrogen and oxygen atoms in total. The van der Waals surface area contributed by atoms with Gasteiger partial charge in [-0.05, 0) is 12.1 Å². The van der Waals surface area contributed by atoms with Crippen LogP contribution in [0.25, 0.3) is 0 Å². The summed E-state index contributed by atoms with van der Waals surface area (Å²) in [6.07, 6.45) is 5.10. The van der Waals surface area contributed by atoms with Crippen LogP contribution in [0.15, 0.2) is 36.8 Å². The second kappa shape index (κ2) is 8.89. The average Bonchev–Trinajstić information content (AvgIpc) is 3.21. The van der Waals surface area contributed by atoms with Crippen LogP contribution in [0, 0.1) is 0 Å². The topological polar surface area (TPSA) is 119 Å². The van der Waals surface area contributed by atoms with E-state index in [0.717, 1.165) is 10.6 Å². The third-order valence-corrected chi connectivity index (χ3v) is 6.02. The van der Waals surface area contributed by atoms with E-state index in [-0.39, 0.29) is 24.1 Å². The molecule has 164 valence electrons. The Kier molecular flexibility index (Phi) is 5.65. The summed E-state index contributed by atoms with van der Waals surface area (Å²) in [6, 6.07) is 5.37. The number of hydrogen-bond donors (Lipinski definition) is 2. The number of amides is 2. The highest BCUT2D eigenvalue weighted by molar-refractivity contribution is 7.15. The molecule has 0 saturated heterocycles. The molecule has 0 saturated carbocycles. The van der Waals surface area contributed by atoms with Crippen molar-refractivity contribution in [1.82, 2.24) is 19.9 Å². The molecule has 5 rings (SSSR count). The molecule has 3 aromatic rings. The van der Waals surface area contributed by atoms with Gasteiger partial charge in [0.2, 0.25) is 5.91 Å². The summed E-state index contributed by atoms with van der Waals surface area (Å²) in [7, 11) is 0. The highest BCUT2D eigenvalue weighted by atomic mass is 32.1. The molecule has 2 aromatic heterocycles. The number of hydrogen-bond acceptors (Lipinski definition) is 9. The van der Waals surface area contributed by atoms with E-state index in [2.05, 4.69) is 30.5 Å². The van der Waals surface area contributed by atoms with Crippen LogP contribution >= 0.6 is 11.3 Å². The first-order chi connectivity index (χ1) is 15.6. The molecule has 0 spiro atoms. The van der Waals surface area contributed by atoms with Gasteiger partial charge in [-0.2, -0.15) is 0 Å². The molecule has 32 heavy (non-hydrogen) atoms. The van der Waals surface area contributed by atoms with Crippen molar-refractivity contribution in [2.75, 3.05) is 36.9 Å². The summed E-state index contributed by atoms with van der Waals surface area (Å²) in [5.74, 6) is 0.869. The minimum absolute atomic E-state index is 0.106. The van der Waals surface area contributed by atoms with Crippen molar-refractivity contribution in [2.24, 2.45) is 0 Å². The maximum atomic E-state index is 12.6. The zero-order chi connectivity index (χ0) is 21.9. The Labute approximate surface area is 187 Å². The predicted molar refractivity (Wildman–Crippen MR) is 117 cm³/mol. The molecule has 0 bridgehead atoms. The van der Waals surface area contributed by atoms with Crippen molar-refractivity contribution in [1.29, 1.82) is 0 Å². The first kappa shape index (κ1) is 20.3. The molecule has 0 atom stereocenters. The lowest BCUT2D eigenvalue weighted by molar-refractivity contribution is -0.117. The zero-order valence-electron chi connectivity index (χ0n) is 17.0. The van der Waals surface area contributed by atoms with Gasteiger partial charge in [0.1, 0.15) is 18.9 Å². The number of nitrogens with one attached hydrogen (secondary N) is 2. The molecule has 0 unspecified atom stereocenters. The first-order valence-corrected chi connectivity index (χ1v) is 10.9. The van der Waals surface area contributed by atoms with Crippen LogP contribution in [0.1, 0.15) is 21.1 Å². The highest BCUT2D eigenvalue weighted by Gasteiger charge is 2.23. The Balaban J connectivity index is 1.17. The van der Waals surface area contributed by atoms with E-state index < -0.39 is 0 Å². The van der Waals surface area contributed by atoms with Gasteiger partial charge in [0.05, 0.1) is 18.4 Å². The smallest absolute Gasteiger partial charge is 0.277 e. The normalized spacial score (nSPS) is 15.0. The van der Waals surface area contributed by atoms with Gasteiger partial charge in [-0.3, -0.25) is 24.8 Å². The maximum absolute atomic E-state index is 12.6. The van der Waals surface area contributed by atoms with E-state index in [1.165, 1.54) is 29.9 Å². The molecular weight excluding hydrogens is 432 g/mol. The van der Waals surface area contributed by atoms with Crippen molar-refractivity contribution < 1.29 is 19.1 Å². The number of aromatic nitrogens is 3. The van der Waals surface area contributed by atoms with Gasteiger partial charge >= 0.3 is 0 Å².